The smallest absolute Gasteiger partial charge is 0.457 e. The zero-order chi connectivity index (χ0) is 25.6. The molecule has 2 N–H and O–H groups in total. The topological polar surface area (TPSA) is 111 Å². The molecule has 13 heteroatoms. The third kappa shape index (κ3) is 9.77. The Morgan fingerprint density at radius 2 is 1.62 bits per heavy atom. The molecule has 1 atom stereocenters. The van der Waals surface area contributed by atoms with E-state index in [0.29, 0.717) is 11.5 Å². The number of ether oxygens (including phenoxy) is 2. The van der Waals surface area contributed by atoms with Gasteiger partial charge in [0.2, 0.25) is 0 Å². The van der Waals surface area contributed by atoms with Crippen LogP contribution in [0, 0.1) is 0 Å². The molecule has 0 fully saturated rings. The van der Waals surface area contributed by atoms with Crippen LogP contribution in [-0.2, 0) is 24.5 Å². The molecule has 0 radical (unpaired) electrons. The third-order valence-electron chi connectivity index (χ3n) is 4.01. The SMILES string of the molecule is C[N+](C)(C)C[C@@H](CC(=O)OC(=O)C(F)(F)F)NS(=O)(=O)Nc1cccc(Oc2ccccc2)c1. The lowest BCUT2D eigenvalue weighted by atomic mass is 10.2. The minimum atomic E-state index is -5.35. The first kappa shape index (κ1) is 27.1. The summed E-state index contributed by atoms with van der Waals surface area (Å²) in [6.45, 7) is 0.00732. The number of carbonyl (C=O) groups is 2. The number of benzene rings is 2. The standard InChI is InChI=1S/C21H25F3N3O6S/c1-27(2,3)14-16(13-19(28)33-20(29)21(22,23)24)26-34(30,31)25-15-8-7-11-18(12-15)32-17-9-5-4-6-10-17/h4-12,16,25-26H,13-14H2,1-3H3/q+1/t16-/m1/s1. The van der Waals surface area contributed by atoms with E-state index in [4.69, 9.17) is 4.74 Å². The van der Waals surface area contributed by atoms with E-state index >= 15 is 0 Å². The number of nitrogens with zero attached hydrogens (tertiary/aromatic N) is 1. The van der Waals surface area contributed by atoms with Crippen LogP contribution in [0.25, 0.3) is 0 Å². The Labute approximate surface area is 195 Å². The van der Waals surface area contributed by atoms with Crippen LogP contribution in [0.15, 0.2) is 54.6 Å². The fourth-order valence-corrected chi connectivity index (χ4v) is 3.95. The van der Waals surface area contributed by atoms with Crippen molar-refractivity contribution in [1.29, 1.82) is 0 Å². The molecule has 0 amide bonds. The van der Waals surface area contributed by atoms with Crippen molar-refractivity contribution in [3.63, 3.8) is 0 Å². The van der Waals surface area contributed by atoms with Crippen molar-refractivity contribution < 1.29 is 45.1 Å². The van der Waals surface area contributed by atoms with Gasteiger partial charge >= 0.3 is 18.1 Å². The molecule has 0 aliphatic carbocycles. The minimum Gasteiger partial charge on any atom is -0.457 e. The number of quaternary nitrogens is 1. The predicted octanol–water partition coefficient (Wildman–Crippen LogP) is 2.82. The maximum Gasteiger partial charge on any atom is 0.491 e. The second-order valence-electron chi connectivity index (χ2n) is 8.30. The van der Waals surface area contributed by atoms with E-state index in [1.807, 2.05) is 6.07 Å². The minimum absolute atomic E-state index is 0.00732. The molecule has 0 aliphatic rings. The number of hydrogen-bond donors (Lipinski definition) is 2. The summed E-state index contributed by atoms with van der Waals surface area (Å²) in [5.41, 5.74) is 0.139. The molecule has 0 saturated carbocycles. The summed E-state index contributed by atoms with van der Waals surface area (Å²) in [6, 6.07) is 13.7. The molecular weight excluding hydrogens is 479 g/mol. The van der Waals surface area contributed by atoms with Crippen LogP contribution in [0.5, 0.6) is 11.5 Å². The van der Waals surface area contributed by atoms with Crippen LogP contribution in [-0.4, -0.2) is 64.7 Å². The van der Waals surface area contributed by atoms with Crippen molar-refractivity contribution in [3.8, 4) is 11.5 Å². The Balaban J connectivity index is 2.10. The monoisotopic (exact) mass is 504 g/mol. The summed E-state index contributed by atoms with van der Waals surface area (Å²) in [7, 11) is 0.779. The van der Waals surface area contributed by atoms with E-state index in [0.717, 1.165) is 0 Å². The summed E-state index contributed by atoms with van der Waals surface area (Å²) in [6.07, 6.45) is -6.14. The molecule has 2 aromatic carbocycles. The molecule has 0 unspecified atom stereocenters. The van der Waals surface area contributed by atoms with Crippen LogP contribution in [0.2, 0.25) is 0 Å². The van der Waals surface area contributed by atoms with Gasteiger partial charge in [0, 0.05) is 6.07 Å². The molecule has 2 rings (SSSR count). The Hall–Kier alpha value is -3.16. The highest BCUT2D eigenvalue weighted by molar-refractivity contribution is 7.90. The van der Waals surface area contributed by atoms with E-state index in [2.05, 4.69) is 14.2 Å². The van der Waals surface area contributed by atoms with Crippen molar-refractivity contribution in [2.24, 2.45) is 0 Å². The first-order chi connectivity index (χ1) is 15.6. The van der Waals surface area contributed by atoms with Gasteiger partial charge in [-0.15, -0.1) is 0 Å². The lowest BCUT2D eigenvalue weighted by Gasteiger charge is -2.29. The summed E-state index contributed by atoms with van der Waals surface area (Å²) in [5, 5.41) is 0. The number of nitrogens with one attached hydrogen (secondary N) is 2. The summed E-state index contributed by atoms with van der Waals surface area (Å²) in [5.74, 6) is -3.29. The second kappa shape index (κ2) is 10.8. The van der Waals surface area contributed by atoms with Crippen LogP contribution >= 0.6 is 0 Å². The van der Waals surface area contributed by atoms with Gasteiger partial charge in [0.05, 0.1) is 45.8 Å². The fraction of sp³-hybridized carbons (Fsp3) is 0.333. The fourth-order valence-electron chi connectivity index (χ4n) is 2.86. The number of rotatable bonds is 10. The van der Waals surface area contributed by atoms with E-state index < -0.39 is 40.8 Å². The number of anilines is 1. The van der Waals surface area contributed by atoms with E-state index in [1.165, 1.54) is 12.1 Å². The zero-order valence-corrected chi connectivity index (χ0v) is 19.4. The number of halogens is 3. The van der Waals surface area contributed by atoms with Gasteiger partial charge in [0.15, 0.2) is 0 Å². The molecule has 9 nitrogen and oxygen atoms in total. The average Bonchev–Trinajstić information content (AvgIpc) is 2.66. The van der Waals surface area contributed by atoms with Crippen molar-refractivity contribution in [1.82, 2.24) is 4.72 Å². The normalized spacial score (nSPS) is 13.1. The Morgan fingerprint density at radius 3 is 2.21 bits per heavy atom. The van der Waals surface area contributed by atoms with Crippen LogP contribution in [0.3, 0.4) is 0 Å². The highest BCUT2D eigenvalue weighted by Crippen LogP contribution is 2.24. The highest BCUT2D eigenvalue weighted by atomic mass is 32.2. The summed E-state index contributed by atoms with van der Waals surface area (Å²) >= 11 is 0. The first-order valence-corrected chi connectivity index (χ1v) is 11.4. The molecule has 0 spiro atoms. The van der Waals surface area contributed by atoms with E-state index in [1.54, 1.807) is 57.5 Å². The maximum absolute atomic E-state index is 12.7. The number of alkyl halides is 3. The molecular formula is C21H25F3N3O6S+. The van der Waals surface area contributed by atoms with Gasteiger partial charge in [-0.3, -0.25) is 9.52 Å². The Bertz CT molecular complexity index is 1100. The van der Waals surface area contributed by atoms with Gasteiger partial charge in [-0.1, -0.05) is 24.3 Å². The molecule has 2 aromatic rings. The molecule has 0 bridgehead atoms. The number of hydrogen-bond acceptors (Lipinski definition) is 6. The number of para-hydroxylation sites is 1. The third-order valence-corrected chi connectivity index (χ3v) is 5.15. The number of esters is 2. The molecule has 34 heavy (non-hydrogen) atoms. The van der Waals surface area contributed by atoms with Gasteiger partial charge in [-0.05, 0) is 24.3 Å². The zero-order valence-electron chi connectivity index (χ0n) is 18.6. The van der Waals surface area contributed by atoms with Gasteiger partial charge in [0.1, 0.15) is 11.5 Å². The Morgan fingerprint density at radius 1 is 1.00 bits per heavy atom. The first-order valence-electron chi connectivity index (χ1n) is 9.88. The predicted molar refractivity (Wildman–Crippen MR) is 117 cm³/mol. The van der Waals surface area contributed by atoms with Crippen LogP contribution in [0.1, 0.15) is 6.42 Å². The average molecular weight is 505 g/mol. The maximum atomic E-state index is 12.7. The lowest BCUT2D eigenvalue weighted by Crippen LogP contribution is -2.51. The molecule has 0 heterocycles. The second-order valence-corrected chi connectivity index (χ2v) is 9.75. The van der Waals surface area contributed by atoms with Gasteiger partial charge in [-0.2, -0.15) is 26.3 Å². The Kier molecular flexibility index (Phi) is 8.64. The van der Waals surface area contributed by atoms with Crippen molar-refractivity contribution in [3.05, 3.63) is 54.6 Å². The lowest BCUT2D eigenvalue weighted by molar-refractivity contribution is -0.871. The highest BCUT2D eigenvalue weighted by Gasteiger charge is 2.43. The van der Waals surface area contributed by atoms with Crippen LogP contribution < -0.4 is 14.2 Å². The number of likely N-dealkylation sites (N-methyl/N-ethyl adjacent to an activating group) is 1. The van der Waals surface area contributed by atoms with Gasteiger partial charge < -0.3 is 14.0 Å². The largest absolute Gasteiger partial charge is 0.491 e. The molecule has 186 valence electrons. The van der Waals surface area contributed by atoms with Gasteiger partial charge in [-0.25, -0.2) is 4.79 Å². The van der Waals surface area contributed by atoms with Crippen LogP contribution in [0.4, 0.5) is 18.9 Å². The van der Waals surface area contributed by atoms with E-state index in [9.17, 15) is 31.2 Å². The van der Waals surface area contributed by atoms with E-state index in [-0.39, 0.29) is 16.7 Å². The summed E-state index contributed by atoms with van der Waals surface area (Å²) in [4.78, 5) is 22.7. The number of carbonyl (C=O) groups excluding carboxylic acids is 2. The molecule has 0 aliphatic heterocycles. The quantitative estimate of drug-likeness (QED) is 0.293. The molecule has 0 saturated heterocycles. The van der Waals surface area contributed by atoms with Crippen molar-refractivity contribution in [2.45, 2.75) is 18.6 Å². The summed E-state index contributed by atoms with van der Waals surface area (Å²) < 4.78 is 76.4. The molecule has 0 aromatic heterocycles. The van der Waals surface area contributed by atoms with Gasteiger partial charge in [0.25, 0.3) is 10.2 Å². The van der Waals surface area contributed by atoms with Crippen molar-refractivity contribution in [2.75, 3.05) is 32.4 Å². The van der Waals surface area contributed by atoms with Crippen molar-refractivity contribution >= 4 is 27.8 Å².